The van der Waals surface area contributed by atoms with Crippen LogP contribution in [0.2, 0.25) is 0 Å². The van der Waals surface area contributed by atoms with Gasteiger partial charge in [0.2, 0.25) is 0 Å². The predicted molar refractivity (Wildman–Crippen MR) is 81.0 cm³/mol. The average molecular weight is 287 g/mol. The highest BCUT2D eigenvalue weighted by Gasteiger charge is 2.28. The number of rotatable bonds is 4. The number of hydrazine groups is 1. The van der Waals surface area contributed by atoms with Crippen molar-refractivity contribution in [1.29, 1.82) is 0 Å². The predicted octanol–water partition coefficient (Wildman–Crippen LogP) is 3.14. The highest BCUT2D eigenvalue weighted by Crippen LogP contribution is 2.39. The molecule has 0 aliphatic heterocycles. The summed E-state index contributed by atoms with van der Waals surface area (Å²) in [5.41, 5.74) is 4.83. The van der Waals surface area contributed by atoms with E-state index in [1.165, 1.54) is 6.07 Å². The molecule has 1 aliphatic rings. The maximum absolute atomic E-state index is 13.3. The van der Waals surface area contributed by atoms with Gasteiger partial charge in [0, 0.05) is 17.2 Å². The first-order valence-electron chi connectivity index (χ1n) is 6.97. The van der Waals surface area contributed by atoms with E-state index in [2.05, 4.69) is 20.7 Å². The van der Waals surface area contributed by atoms with Gasteiger partial charge in [-0.15, -0.1) is 0 Å². The van der Waals surface area contributed by atoms with Crippen molar-refractivity contribution in [2.75, 3.05) is 10.7 Å². The molecule has 3 rings (SSSR count). The smallest absolute Gasteiger partial charge is 0.148 e. The normalized spacial score (nSPS) is 14.1. The third-order valence-electron chi connectivity index (χ3n) is 3.66. The van der Waals surface area contributed by atoms with E-state index >= 15 is 0 Å². The van der Waals surface area contributed by atoms with Crippen LogP contribution in [0.15, 0.2) is 18.2 Å². The summed E-state index contributed by atoms with van der Waals surface area (Å²) >= 11 is 0. The Labute approximate surface area is 122 Å². The van der Waals surface area contributed by atoms with Crippen molar-refractivity contribution in [2.45, 2.75) is 32.6 Å². The summed E-state index contributed by atoms with van der Waals surface area (Å²) in [5, 5.41) is 3.22. The second kappa shape index (κ2) is 5.29. The second-order valence-corrected chi connectivity index (χ2v) is 5.41. The SMILES string of the molecule is Cc1cc(Nc2nc(C3CC3)nc(NN)c2C)ccc1F. The third kappa shape index (κ3) is 2.80. The Morgan fingerprint density at radius 3 is 2.52 bits per heavy atom. The average Bonchev–Trinajstić information content (AvgIpc) is 3.29. The molecular weight excluding hydrogens is 269 g/mol. The molecule has 2 aromatic rings. The molecule has 1 aliphatic carbocycles. The monoisotopic (exact) mass is 287 g/mol. The Kier molecular flexibility index (Phi) is 3.47. The summed E-state index contributed by atoms with van der Waals surface area (Å²) in [5.74, 6) is 7.85. The number of nitrogens with two attached hydrogens (primary N) is 1. The molecule has 1 fully saturated rings. The number of hydrogen-bond donors (Lipinski definition) is 3. The van der Waals surface area contributed by atoms with Crippen molar-refractivity contribution in [1.82, 2.24) is 9.97 Å². The lowest BCUT2D eigenvalue weighted by atomic mass is 10.2. The molecule has 1 aromatic heterocycles. The standard InChI is InChI=1S/C15H18FN5/c1-8-7-11(5-6-12(8)16)18-13-9(2)14(21-17)20-15(19-13)10-3-4-10/h5-7,10H,3-4,17H2,1-2H3,(H2,18,19,20,21). The van der Waals surface area contributed by atoms with Crippen LogP contribution in [0.25, 0.3) is 0 Å². The quantitative estimate of drug-likeness (QED) is 0.595. The largest absolute Gasteiger partial charge is 0.340 e. The van der Waals surface area contributed by atoms with Crippen LogP contribution in [0.1, 0.15) is 35.7 Å². The van der Waals surface area contributed by atoms with E-state index in [1.54, 1.807) is 19.1 Å². The molecule has 110 valence electrons. The van der Waals surface area contributed by atoms with Crippen LogP contribution in [0.5, 0.6) is 0 Å². The van der Waals surface area contributed by atoms with Crippen molar-refractivity contribution in [3.05, 3.63) is 41.0 Å². The lowest BCUT2D eigenvalue weighted by molar-refractivity contribution is 0.619. The fourth-order valence-corrected chi connectivity index (χ4v) is 2.18. The number of halogens is 1. The molecule has 1 aromatic carbocycles. The summed E-state index contributed by atoms with van der Waals surface area (Å²) in [6.45, 7) is 3.63. The summed E-state index contributed by atoms with van der Waals surface area (Å²) in [7, 11) is 0. The minimum atomic E-state index is -0.219. The number of hydrogen-bond acceptors (Lipinski definition) is 5. The van der Waals surface area contributed by atoms with E-state index in [0.29, 0.717) is 23.1 Å². The van der Waals surface area contributed by atoms with E-state index in [0.717, 1.165) is 29.9 Å². The van der Waals surface area contributed by atoms with Crippen LogP contribution in [0, 0.1) is 19.7 Å². The first kappa shape index (κ1) is 13.8. The summed E-state index contributed by atoms with van der Waals surface area (Å²) < 4.78 is 13.3. The number of aryl methyl sites for hydroxylation is 1. The van der Waals surface area contributed by atoms with E-state index in [4.69, 9.17) is 5.84 Å². The fourth-order valence-electron chi connectivity index (χ4n) is 2.18. The van der Waals surface area contributed by atoms with Gasteiger partial charge in [0.1, 0.15) is 23.3 Å². The number of nitrogen functional groups attached to an aromatic ring is 1. The zero-order valence-corrected chi connectivity index (χ0v) is 12.1. The molecule has 0 radical (unpaired) electrons. The van der Waals surface area contributed by atoms with Gasteiger partial charge in [-0.25, -0.2) is 20.2 Å². The third-order valence-corrected chi connectivity index (χ3v) is 3.66. The molecule has 21 heavy (non-hydrogen) atoms. The first-order chi connectivity index (χ1) is 10.1. The molecule has 0 saturated heterocycles. The number of nitrogens with zero attached hydrogens (tertiary/aromatic N) is 2. The van der Waals surface area contributed by atoms with Crippen molar-refractivity contribution in [2.24, 2.45) is 5.84 Å². The molecular formula is C15H18FN5. The van der Waals surface area contributed by atoms with Crippen LogP contribution in [0.4, 0.5) is 21.7 Å². The Morgan fingerprint density at radius 2 is 1.90 bits per heavy atom. The molecule has 0 atom stereocenters. The van der Waals surface area contributed by atoms with Gasteiger partial charge in [0.15, 0.2) is 0 Å². The molecule has 4 N–H and O–H groups in total. The molecule has 1 saturated carbocycles. The lowest BCUT2D eigenvalue weighted by Crippen LogP contribution is -2.13. The number of benzene rings is 1. The van der Waals surface area contributed by atoms with Crippen molar-refractivity contribution < 1.29 is 4.39 Å². The molecule has 0 unspecified atom stereocenters. The molecule has 5 nitrogen and oxygen atoms in total. The van der Waals surface area contributed by atoms with Gasteiger partial charge in [0.25, 0.3) is 0 Å². The minimum Gasteiger partial charge on any atom is -0.340 e. The van der Waals surface area contributed by atoms with Crippen molar-refractivity contribution in [3.63, 3.8) is 0 Å². The van der Waals surface area contributed by atoms with Gasteiger partial charge in [-0.05, 0) is 50.5 Å². The summed E-state index contributed by atoms with van der Waals surface area (Å²) in [6.07, 6.45) is 2.23. The lowest BCUT2D eigenvalue weighted by Gasteiger charge is -2.14. The van der Waals surface area contributed by atoms with E-state index in [9.17, 15) is 4.39 Å². The molecule has 6 heteroatoms. The Morgan fingerprint density at radius 1 is 1.19 bits per heavy atom. The van der Waals surface area contributed by atoms with Crippen LogP contribution in [-0.2, 0) is 0 Å². The maximum Gasteiger partial charge on any atom is 0.148 e. The zero-order valence-electron chi connectivity index (χ0n) is 12.1. The molecule has 1 heterocycles. The van der Waals surface area contributed by atoms with Crippen molar-refractivity contribution >= 4 is 17.3 Å². The van der Waals surface area contributed by atoms with Gasteiger partial charge in [-0.3, -0.25) is 0 Å². The second-order valence-electron chi connectivity index (χ2n) is 5.41. The van der Waals surface area contributed by atoms with E-state index in [1.807, 2.05) is 6.92 Å². The fraction of sp³-hybridized carbons (Fsp3) is 0.333. The maximum atomic E-state index is 13.3. The number of anilines is 3. The van der Waals surface area contributed by atoms with Gasteiger partial charge >= 0.3 is 0 Å². The first-order valence-corrected chi connectivity index (χ1v) is 6.97. The molecule has 0 amide bonds. The van der Waals surface area contributed by atoms with Gasteiger partial charge in [-0.1, -0.05) is 0 Å². The Hall–Kier alpha value is -2.21. The summed E-state index contributed by atoms with van der Waals surface area (Å²) in [6, 6.07) is 4.89. The highest BCUT2D eigenvalue weighted by molar-refractivity contribution is 5.65. The zero-order chi connectivity index (χ0) is 15.0. The van der Waals surface area contributed by atoms with E-state index < -0.39 is 0 Å². The summed E-state index contributed by atoms with van der Waals surface area (Å²) in [4.78, 5) is 9.02. The van der Waals surface area contributed by atoms with Crippen molar-refractivity contribution in [3.8, 4) is 0 Å². The molecule has 0 bridgehead atoms. The van der Waals surface area contributed by atoms with Crippen LogP contribution in [-0.4, -0.2) is 9.97 Å². The van der Waals surface area contributed by atoms with Gasteiger partial charge < -0.3 is 10.7 Å². The van der Waals surface area contributed by atoms with E-state index in [-0.39, 0.29) is 5.82 Å². The Bertz CT molecular complexity index is 682. The highest BCUT2D eigenvalue weighted by atomic mass is 19.1. The minimum absolute atomic E-state index is 0.219. The number of aromatic nitrogens is 2. The topological polar surface area (TPSA) is 75.9 Å². The van der Waals surface area contributed by atoms with Gasteiger partial charge in [-0.2, -0.15) is 0 Å². The van der Waals surface area contributed by atoms with Crippen LogP contribution >= 0.6 is 0 Å². The Balaban J connectivity index is 1.96. The van der Waals surface area contributed by atoms with Gasteiger partial charge in [0.05, 0.1) is 0 Å². The number of nitrogens with one attached hydrogen (secondary N) is 2. The molecule has 0 spiro atoms. The van der Waals surface area contributed by atoms with Crippen LogP contribution < -0.4 is 16.6 Å². The van der Waals surface area contributed by atoms with Crippen LogP contribution in [0.3, 0.4) is 0 Å².